The Morgan fingerprint density at radius 3 is 2.35 bits per heavy atom. The molecule has 0 radical (unpaired) electrons. The Kier molecular flexibility index (Phi) is 5.14. The number of halogens is 2. The predicted octanol–water partition coefficient (Wildman–Crippen LogP) is 4.41. The summed E-state index contributed by atoms with van der Waals surface area (Å²) in [7, 11) is -2.97. The van der Waals surface area contributed by atoms with Gasteiger partial charge in [-0.15, -0.1) is 11.6 Å². The molecule has 100 valence electrons. The number of alkyl halides is 1. The van der Waals surface area contributed by atoms with Gasteiger partial charge < -0.3 is 4.52 Å². The van der Waals surface area contributed by atoms with Crippen LogP contribution in [-0.4, -0.2) is 28.7 Å². The Labute approximate surface area is 114 Å². The predicted molar refractivity (Wildman–Crippen MR) is 73.9 cm³/mol. The third-order valence-electron chi connectivity index (χ3n) is 3.27. The van der Waals surface area contributed by atoms with Crippen molar-refractivity contribution in [3.63, 3.8) is 0 Å². The summed E-state index contributed by atoms with van der Waals surface area (Å²) in [5.41, 5.74) is 0. The first-order chi connectivity index (χ1) is 7.84. The number of hydrogen-bond acceptors (Lipinski definition) is 2. The lowest BCUT2D eigenvalue weighted by Crippen LogP contribution is -2.40. The van der Waals surface area contributed by atoms with Crippen molar-refractivity contribution >= 4 is 30.7 Å². The van der Waals surface area contributed by atoms with Crippen molar-refractivity contribution in [3.8, 4) is 0 Å². The summed E-state index contributed by atoms with van der Waals surface area (Å²) in [6.07, 6.45) is 0.279. The van der Waals surface area contributed by atoms with Crippen molar-refractivity contribution in [2.24, 2.45) is 0 Å². The highest BCUT2D eigenvalue weighted by Crippen LogP contribution is 2.61. The summed E-state index contributed by atoms with van der Waals surface area (Å²) in [6.45, 7) is 8.96. The van der Waals surface area contributed by atoms with Crippen LogP contribution in [0.15, 0.2) is 10.8 Å². The van der Waals surface area contributed by atoms with E-state index in [4.69, 9.17) is 27.7 Å². The third kappa shape index (κ3) is 2.74. The highest BCUT2D eigenvalue weighted by atomic mass is 35.5. The summed E-state index contributed by atoms with van der Waals surface area (Å²) >= 11 is 12.6. The maximum absolute atomic E-state index is 12.7. The van der Waals surface area contributed by atoms with Crippen molar-refractivity contribution in [2.75, 3.05) is 13.1 Å². The minimum absolute atomic E-state index is 0.363. The van der Waals surface area contributed by atoms with Gasteiger partial charge in [0.15, 0.2) is 0 Å². The summed E-state index contributed by atoms with van der Waals surface area (Å²) in [5.74, 6) is 1.51. The fourth-order valence-corrected chi connectivity index (χ4v) is 5.20. The van der Waals surface area contributed by atoms with E-state index in [2.05, 4.69) is 0 Å². The Bertz CT molecular complexity index is 357. The maximum Gasteiger partial charge on any atom is 0.296 e. The molecule has 1 heterocycles. The third-order valence-corrected chi connectivity index (χ3v) is 7.30. The molecule has 0 saturated heterocycles. The van der Waals surface area contributed by atoms with Gasteiger partial charge in [0.1, 0.15) is 4.87 Å². The Balaban J connectivity index is 3.15. The number of hydrogen-bond donors (Lipinski definition) is 0. The Morgan fingerprint density at radius 1 is 1.47 bits per heavy atom. The molecule has 1 rings (SSSR count). The summed E-state index contributed by atoms with van der Waals surface area (Å²) < 4.78 is 20.2. The number of rotatable bonds is 4. The van der Waals surface area contributed by atoms with E-state index in [-0.39, 0.29) is 6.10 Å². The van der Waals surface area contributed by atoms with Crippen LogP contribution in [0.4, 0.5) is 0 Å². The van der Waals surface area contributed by atoms with E-state index >= 15 is 0 Å². The van der Waals surface area contributed by atoms with Gasteiger partial charge in [0, 0.05) is 23.9 Å². The molecule has 1 aliphatic heterocycles. The molecule has 17 heavy (non-hydrogen) atoms. The van der Waals surface area contributed by atoms with Gasteiger partial charge in [-0.25, -0.2) is 4.67 Å². The molecule has 3 nitrogen and oxygen atoms in total. The van der Waals surface area contributed by atoms with Crippen molar-refractivity contribution in [1.82, 2.24) is 4.67 Å². The normalized spacial score (nSPS) is 38.3. The quantitative estimate of drug-likeness (QED) is 0.569. The molecular weight excluding hydrogens is 280 g/mol. The zero-order chi connectivity index (χ0) is 13.3. The lowest BCUT2D eigenvalue weighted by molar-refractivity contribution is 0.162. The van der Waals surface area contributed by atoms with Crippen LogP contribution in [0.5, 0.6) is 0 Å². The van der Waals surface area contributed by atoms with E-state index < -0.39 is 12.4 Å². The first kappa shape index (κ1) is 15.5. The van der Waals surface area contributed by atoms with Gasteiger partial charge >= 0.3 is 0 Å². The monoisotopic (exact) mass is 299 g/mol. The smallest absolute Gasteiger partial charge is 0.296 e. The van der Waals surface area contributed by atoms with Crippen LogP contribution in [0.2, 0.25) is 0 Å². The fraction of sp³-hybridized carbons (Fsp3) is 0.818. The van der Waals surface area contributed by atoms with Gasteiger partial charge in [0.25, 0.3) is 7.52 Å². The van der Waals surface area contributed by atoms with E-state index in [1.807, 2.05) is 27.7 Å². The Morgan fingerprint density at radius 2 is 2.00 bits per heavy atom. The van der Waals surface area contributed by atoms with Gasteiger partial charge in [0.2, 0.25) is 0 Å². The van der Waals surface area contributed by atoms with E-state index in [0.29, 0.717) is 24.5 Å². The lowest BCUT2D eigenvalue weighted by atomic mass is 9.99. The van der Waals surface area contributed by atoms with Gasteiger partial charge in [0.05, 0.1) is 6.10 Å². The average Bonchev–Trinajstić information content (AvgIpc) is 2.27. The molecule has 0 fully saturated rings. The molecule has 0 bridgehead atoms. The van der Waals surface area contributed by atoms with E-state index in [1.54, 1.807) is 4.67 Å². The van der Waals surface area contributed by atoms with Gasteiger partial charge in [-0.3, -0.25) is 4.57 Å². The molecule has 0 saturated carbocycles. The molecule has 0 N–H and O–H groups in total. The van der Waals surface area contributed by atoms with Crippen molar-refractivity contribution in [1.29, 1.82) is 0 Å². The van der Waals surface area contributed by atoms with Crippen molar-refractivity contribution < 1.29 is 9.09 Å². The molecule has 0 aromatic carbocycles. The van der Waals surface area contributed by atoms with E-state index in [9.17, 15) is 4.57 Å². The lowest BCUT2D eigenvalue weighted by Gasteiger charge is -2.41. The van der Waals surface area contributed by atoms with E-state index in [1.165, 1.54) is 5.82 Å². The van der Waals surface area contributed by atoms with Crippen molar-refractivity contribution in [2.45, 2.75) is 45.1 Å². The first-order valence-corrected chi connectivity index (χ1v) is 8.35. The molecule has 6 heteroatoms. The van der Waals surface area contributed by atoms with Crippen LogP contribution in [0.25, 0.3) is 0 Å². The molecule has 0 aromatic heterocycles. The molecule has 0 spiro atoms. The minimum atomic E-state index is -2.97. The molecule has 0 aliphatic carbocycles. The summed E-state index contributed by atoms with van der Waals surface area (Å²) in [6, 6.07) is 0. The van der Waals surface area contributed by atoms with Crippen LogP contribution < -0.4 is 0 Å². The molecule has 3 atom stereocenters. The molecule has 0 aromatic rings. The Hall–Kier alpha value is 0.470. The molecule has 1 aliphatic rings. The van der Waals surface area contributed by atoms with Crippen LogP contribution in [0, 0.1) is 0 Å². The fourth-order valence-electron chi connectivity index (χ4n) is 2.01. The highest BCUT2D eigenvalue weighted by Gasteiger charge is 2.47. The first-order valence-electron chi connectivity index (χ1n) is 5.95. The average molecular weight is 300 g/mol. The van der Waals surface area contributed by atoms with Crippen LogP contribution in [0.1, 0.15) is 34.1 Å². The zero-order valence-electron chi connectivity index (χ0n) is 10.7. The minimum Gasteiger partial charge on any atom is -0.309 e. The van der Waals surface area contributed by atoms with Crippen LogP contribution >= 0.6 is 30.7 Å². The topological polar surface area (TPSA) is 29.5 Å². The largest absolute Gasteiger partial charge is 0.309 e. The standard InChI is InChI=1S/C11H20Cl2NO2P/c1-5-11(13)9(4)16-17(15,8-10(11)12)14(6-2)7-3/h8-9H,5-7H2,1-4H3. The molecule has 3 unspecified atom stereocenters. The van der Waals surface area contributed by atoms with Crippen molar-refractivity contribution in [3.05, 3.63) is 10.8 Å². The molecule has 0 amide bonds. The second kappa shape index (κ2) is 5.63. The van der Waals surface area contributed by atoms with Gasteiger partial charge in [-0.05, 0) is 13.3 Å². The molecular formula is C11H20Cl2NO2P. The highest BCUT2D eigenvalue weighted by molar-refractivity contribution is 7.60. The second-order valence-corrected chi connectivity index (χ2v) is 7.39. The SMILES string of the molecule is CCN(CC)P1(=O)C=C(Cl)C(Cl)(CC)C(C)O1. The van der Waals surface area contributed by atoms with Gasteiger partial charge in [-0.1, -0.05) is 32.4 Å². The summed E-state index contributed by atoms with van der Waals surface area (Å²) in [4.78, 5) is -0.747. The van der Waals surface area contributed by atoms with Crippen LogP contribution in [0.3, 0.4) is 0 Å². The second-order valence-electron chi connectivity index (χ2n) is 4.14. The maximum atomic E-state index is 12.7. The zero-order valence-corrected chi connectivity index (χ0v) is 13.1. The number of nitrogens with zero attached hydrogens (tertiary/aromatic N) is 1. The summed E-state index contributed by atoms with van der Waals surface area (Å²) in [5, 5.41) is 0.440. The van der Waals surface area contributed by atoms with Gasteiger partial charge in [-0.2, -0.15) is 0 Å². The van der Waals surface area contributed by atoms with E-state index in [0.717, 1.165) is 0 Å². The van der Waals surface area contributed by atoms with Crippen LogP contribution in [-0.2, 0) is 9.09 Å².